The van der Waals surface area contributed by atoms with Crippen LogP contribution in [-0.2, 0) is 22.3 Å². The monoisotopic (exact) mass is 625 g/mol. The first-order valence-electron chi connectivity index (χ1n) is 13.9. The second kappa shape index (κ2) is 12.7. The number of halogens is 5. The molecule has 0 saturated carbocycles. The molecule has 0 aliphatic carbocycles. The van der Waals surface area contributed by atoms with Crippen LogP contribution in [0.1, 0.15) is 50.3 Å². The van der Waals surface area contributed by atoms with E-state index in [-0.39, 0.29) is 51.7 Å². The molecule has 0 aromatic heterocycles. The number of ether oxygens (including phenoxy) is 1. The summed E-state index contributed by atoms with van der Waals surface area (Å²) >= 11 is 0. The molecule has 2 heterocycles. The number of alkyl halides is 3. The predicted molar refractivity (Wildman–Crippen MR) is 161 cm³/mol. The third-order valence-electron chi connectivity index (χ3n) is 8.30. The Morgan fingerprint density at radius 3 is 2.60 bits per heavy atom. The van der Waals surface area contributed by atoms with Crippen LogP contribution in [0.3, 0.4) is 0 Å². The minimum Gasteiger partial charge on any atom is -0.493 e. The van der Waals surface area contributed by atoms with Crippen LogP contribution < -0.4 is 5.32 Å². The normalized spacial score (nSPS) is 19.6. The first kappa shape index (κ1) is 33.1. The van der Waals surface area contributed by atoms with E-state index < -0.39 is 34.8 Å². The zero-order valence-electron chi connectivity index (χ0n) is 25.3. The molecule has 45 heavy (non-hydrogen) atoms. The van der Waals surface area contributed by atoms with Crippen LogP contribution in [0.15, 0.2) is 83.4 Å². The topological polar surface area (TPSA) is 81.0 Å². The lowest BCUT2D eigenvalue weighted by molar-refractivity contribution is -0.156. The van der Waals surface area contributed by atoms with Gasteiger partial charge in [-0.1, -0.05) is 25.3 Å². The van der Waals surface area contributed by atoms with Gasteiger partial charge in [-0.25, -0.2) is 18.8 Å². The van der Waals surface area contributed by atoms with Gasteiger partial charge >= 0.3 is 6.18 Å². The molecule has 2 aliphatic rings. The first-order chi connectivity index (χ1) is 21.2. The maximum absolute atomic E-state index is 14.7. The van der Waals surface area contributed by atoms with Crippen LogP contribution in [-0.4, -0.2) is 40.8 Å². The number of hydrogen-bond acceptors (Lipinski definition) is 6. The van der Waals surface area contributed by atoms with Gasteiger partial charge in [-0.2, -0.15) is 18.4 Å². The van der Waals surface area contributed by atoms with E-state index in [4.69, 9.17) is 4.74 Å². The first-order valence-corrected chi connectivity index (χ1v) is 13.9. The average molecular weight is 626 g/mol. The highest BCUT2D eigenvalue weighted by molar-refractivity contribution is 6.14. The van der Waals surface area contributed by atoms with Crippen molar-refractivity contribution in [2.45, 2.75) is 51.9 Å². The lowest BCUT2D eigenvalue weighted by Gasteiger charge is -2.48. The molecule has 1 fully saturated rings. The van der Waals surface area contributed by atoms with E-state index in [1.807, 2.05) is 18.0 Å². The summed E-state index contributed by atoms with van der Waals surface area (Å²) in [5.74, 6) is -2.70. The standard InChI is InChI=1S/C33H32F5N5O2/c1-7-40-27(17-39)30(45-6)19(2)24-16-23(33(36,37)38)12-13-26(24)41-21(4)28-20(3)32(5)14-9-15-43(32)42(31(28)44)18-22-10-8-11-25(34)29(22)35/h7-8,10-13,16,41H,1,4,9,14-15,18H2,2-3,5-6H3/b30-19-,40-27-. The molecular formula is C33H32F5N5O2. The van der Waals surface area contributed by atoms with Gasteiger partial charge in [-0.05, 0) is 63.5 Å². The summed E-state index contributed by atoms with van der Waals surface area (Å²) in [5.41, 5.74) is -0.604. The van der Waals surface area contributed by atoms with Crippen LogP contribution in [0.4, 0.5) is 27.6 Å². The summed E-state index contributed by atoms with van der Waals surface area (Å²) in [5, 5.41) is 15.8. The van der Waals surface area contributed by atoms with Crippen molar-refractivity contribution in [1.82, 2.24) is 10.0 Å². The summed E-state index contributed by atoms with van der Waals surface area (Å²) in [6.07, 6.45) is -2.18. The molecule has 2 aromatic carbocycles. The lowest BCUT2D eigenvalue weighted by Crippen LogP contribution is -2.59. The van der Waals surface area contributed by atoms with Crippen LogP contribution in [0.2, 0.25) is 0 Å². The van der Waals surface area contributed by atoms with Crippen molar-refractivity contribution < 1.29 is 31.5 Å². The molecule has 2 aliphatic heterocycles. The predicted octanol–water partition coefficient (Wildman–Crippen LogP) is 7.52. The quantitative estimate of drug-likeness (QED) is 0.177. The number of hydrogen-bond donors (Lipinski definition) is 1. The number of nitriles is 1. The third kappa shape index (κ3) is 6.13. The zero-order chi connectivity index (χ0) is 33.3. The fourth-order valence-corrected chi connectivity index (χ4v) is 5.87. The number of methoxy groups -OCH3 is 1. The minimum atomic E-state index is -4.68. The minimum absolute atomic E-state index is 0.0116. The number of fused-ring (bicyclic) bond motifs is 1. The van der Waals surface area contributed by atoms with Gasteiger partial charge in [0.25, 0.3) is 5.91 Å². The van der Waals surface area contributed by atoms with Crippen molar-refractivity contribution in [3.63, 3.8) is 0 Å². The number of allylic oxidation sites excluding steroid dienone is 2. The molecule has 1 amide bonds. The Kier molecular flexibility index (Phi) is 9.35. The molecule has 236 valence electrons. The van der Waals surface area contributed by atoms with Crippen molar-refractivity contribution in [3.8, 4) is 6.07 Å². The zero-order valence-corrected chi connectivity index (χ0v) is 25.3. The van der Waals surface area contributed by atoms with Crippen molar-refractivity contribution in [3.05, 3.63) is 107 Å². The SMILES string of the molecule is C=C/N=C(C#N)\C(OC)=C(/C)c1cc(C(F)(F)F)ccc1NC(=C)C1=C(C)C2(C)CCCN2N(Cc2cccc(F)c2F)C1=O. The molecule has 1 atom stereocenters. The number of carbonyl (C=O) groups is 1. The van der Waals surface area contributed by atoms with Gasteiger partial charge in [0.05, 0.1) is 30.3 Å². The second-order valence-corrected chi connectivity index (χ2v) is 10.9. The van der Waals surface area contributed by atoms with Crippen molar-refractivity contribution in [2.24, 2.45) is 4.99 Å². The number of benzene rings is 2. The van der Waals surface area contributed by atoms with Crippen molar-refractivity contribution in [2.75, 3.05) is 19.0 Å². The van der Waals surface area contributed by atoms with E-state index in [1.54, 1.807) is 6.92 Å². The van der Waals surface area contributed by atoms with E-state index in [0.29, 0.717) is 18.5 Å². The van der Waals surface area contributed by atoms with Crippen LogP contribution >= 0.6 is 0 Å². The van der Waals surface area contributed by atoms with Gasteiger partial charge in [0.2, 0.25) is 0 Å². The van der Waals surface area contributed by atoms with Gasteiger partial charge in [0.15, 0.2) is 23.1 Å². The Labute approximate surface area is 258 Å². The van der Waals surface area contributed by atoms with E-state index >= 15 is 0 Å². The van der Waals surface area contributed by atoms with Gasteiger partial charge in [-0.15, -0.1) is 0 Å². The lowest BCUT2D eigenvalue weighted by atomic mass is 9.84. The highest BCUT2D eigenvalue weighted by Gasteiger charge is 2.49. The molecule has 0 spiro atoms. The summed E-state index contributed by atoms with van der Waals surface area (Å²) in [6, 6.07) is 8.59. The number of nitrogens with zero attached hydrogens (tertiary/aromatic N) is 4. The molecule has 0 radical (unpaired) electrons. The van der Waals surface area contributed by atoms with Crippen LogP contribution in [0, 0.1) is 23.0 Å². The summed E-state index contributed by atoms with van der Waals surface area (Å²) in [6.45, 7) is 13.0. The highest BCUT2D eigenvalue weighted by Crippen LogP contribution is 2.44. The highest BCUT2D eigenvalue weighted by atomic mass is 19.4. The Morgan fingerprint density at radius 2 is 1.98 bits per heavy atom. The molecule has 1 saturated heterocycles. The molecular weight excluding hydrogens is 593 g/mol. The maximum atomic E-state index is 14.7. The van der Waals surface area contributed by atoms with E-state index in [1.165, 1.54) is 37.2 Å². The number of amides is 1. The van der Waals surface area contributed by atoms with Crippen molar-refractivity contribution in [1.29, 1.82) is 5.26 Å². The molecule has 1 N–H and O–H groups in total. The number of anilines is 1. The Balaban J connectivity index is 1.82. The molecule has 0 bridgehead atoms. The number of nitrogens with one attached hydrogen (secondary N) is 1. The fourth-order valence-electron chi connectivity index (χ4n) is 5.87. The van der Waals surface area contributed by atoms with Crippen molar-refractivity contribution >= 4 is 22.9 Å². The maximum Gasteiger partial charge on any atom is 0.416 e. The Hall–Kier alpha value is -4.76. The fraction of sp³-hybridized carbons (Fsp3) is 0.303. The molecule has 2 aromatic rings. The smallest absolute Gasteiger partial charge is 0.416 e. The van der Waals surface area contributed by atoms with E-state index in [9.17, 15) is 32.0 Å². The van der Waals surface area contributed by atoms with E-state index in [0.717, 1.165) is 30.8 Å². The molecule has 4 rings (SSSR count). The summed E-state index contributed by atoms with van der Waals surface area (Å²) < 4.78 is 75.5. The number of rotatable bonds is 9. The second-order valence-electron chi connectivity index (χ2n) is 10.9. The summed E-state index contributed by atoms with van der Waals surface area (Å²) in [7, 11) is 1.26. The largest absolute Gasteiger partial charge is 0.493 e. The average Bonchev–Trinajstić information content (AvgIpc) is 3.39. The molecule has 12 heteroatoms. The van der Waals surface area contributed by atoms with Gasteiger partial charge < -0.3 is 10.1 Å². The van der Waals surface area contributed by atoms with Gasteiger partial charge in [-0.3, -0.25) is 9.80 Å². The van der Waals surface area contributed by atoms with Gasteiger partial charge in [0, 0.05) is 40.8 Å². The molecule has 1 unspecified atom stereocenters. The number of aliphatic imine (C=N–C) groups is 1. The molecule has 7 nitrogen and oxygen atoms in total. The Morgan fingerprint density at radius 1 is 1.27 bits per heavy atom. The number of hydrazine groups is 1. The van der Waals surface area contributed by atoms with Crippen LogP contribution in [0.25, 0.3) is 5.57 Å². The van der Waals surface area contributed by atoms with Crippen LogP contribution in [0.5, 0.6) is 0 Å². The third-order valence-corrected chi connectivity index (χ3v) is 8.30. The van der Waals surface area contributed by atoms with Gasteiger partial charge in [0.1, 0.15) is 6.07 Å². The number of carbonyl (C=O) groups excluding carboxylic acids is 1. The summed E-state index contributed by atoms with van der Waals surface area (Å²) in [4.78, 5) is 18.0. The Bertz CT molecular complexity index is 1700. The van der Waals surface area contributed by atoms with E-state index in [2.05, 4.69) is 23.5 Å².